The van der Waals surface area contributed by atoms with Crippen LogP contribution in [0.25, 0.3) is 101 Å². The fourth-order valence-corrected chi connectivity index (χ4v) is 12.5. The molecule has 0 amide bonds. The summed E-state index contributed by atoms with van der Waals surface area (Å²) in [6.07, 6.45) is 0. The molecule has 3 heterocycles. The molecule has 0 aliphatic heterocycles. The number of nitrogens with zero attached hydrogens (tertiary/aromatic N) is 2. The van der Waals surface area contributed by atoms with E-state index in [9.17, 15) is 0 Å². The SMILES string of the molecule is c1ccc(-c2cc(-c3cccc4c3sc3ccccc34)ccc2N(c2ccccc2-c2cccc3c2sc2ccccc23)c2cccc3c2c2ccccc2n3-c2ccccc2)cc1. The van der Waals surface area contributed by atoms with Gasteiger partial charge in [-0.05, 0) is 77.4 Å². The highest BCUT2D eigenvalue weighted by atomic mass is 32.1. The molecule has 0 spiro atoms. The van der Waals surface area contributed by atoms with Crippen molar-refractivity contribution in [2.45, 2.75) is 0 Å². The van der Waals surface area contributed by atoms with Crippen molar-refractivity contribution < 1.29 is 0 Å². The molecule has 0 aliphatic rings. The Morgan fingerprint density at radius 1 is 0.312 bits per heavy atom. The van der Waals surface area contributed by atoms with Crippen LogP contribution in [-0.2, 0) is 0 Å². The lowest BCUT2D eigenvalue weighted by Crippen LogP contribution is -2.13. The molecule has 13 aromatic rings. The van der Waals surface area contributed by atoms with E-state index in [4.69, 9.17) is 0 Å². The van der Waals surface area contributed by atoms with Crippen molar-refractivity contribution in [1.82, 2.24) is 4.57 Å². The number of fused-ring (bicyclic) bond motifs is 9. The predicted octanol–water partition coefficient (Wildman–Crippen LogP) is 18.0. The first-order chi connectivity index (χ1) is 31.8. The zero-order chi connectivity index (χ0) is 42.1. The molecule has 13 rings (SSSR count). The summed E-state index contributed by atoms with van der Waals surface area (Å²) >= 11 is 3.76. The van der Waals surface area contributed by atoms with Crippen molar-refractivity contribution >= 4 is 102 Å². The first-order valence-electron chi connectivity index (χ1n) is 21.8. The van der Waals surface area contributed by atoms with Gasteiger partial charge in [0.05, 0.1) is 28.1 Å². The Morgan fingerprint density at radius 2 is 0.828 bits per heavy atom. The number of hydrogen-bond acceptors (Lipinski definition) is 3. The summed E-state index contributed by atoms with van der Waals surface area (Å²) < 4.78 is 7.64. The minimum absolute atomic E-state index is 1.11. The quantitative estimate of drug-likeness (QED) is 0.155. The Bertz CT molecular complexity index is 3910. The van der Waals surface area contributed by atoms with Crippen LogP contribution >= 0.6 is 22.7 Å². The van der Waals surface area contributed by atoms with E-state index in [0.717, 1.165) is 39.4 Å². The predicted molar refractivity (Wildman–Crippen MR) is 278 cm³/mol. The third-order valence-corrected chi connectivity index (χ3v) is 15.2. The van der Waals surface area contributed by atoms with Crippen LogP contribution in [0.15, 0.2) is 231 Å². The van der Waals surface area contributed by atoms with Crippen molar-refractivity contribution in [3.63, 3.8) is 0 Å². The molecule has 64 heavy (non-hydrogen) atoms. The molecule has 0 atom stereocenters. The van der Waals surface area contributed by atoms with E-state index in [1.807, 2.05) is 22.7 Å². The summed E-state index contributed by atoms with van der Waals surface area (Å²) in [5.74, 6) is 0. The van der Waals surface area contributed by atoms with Crippen LogP contribution in [0, 0.1) is 0 Å². The lowest BCUT2D eigenvalue weighted by Gasteiger charge is -2.31. The van der Waals surface area contributed by atoms with Crippen LogP contribution in [0.5, 0.6) is 0 Å². The van der Waals surface area contributed by atoms with E-state index >= 15 is 0 Å². The van der Waals surface area contributed by atoms with Gasteiger partial charge in [-0.2, -0.15) is 0 Å². The average Bonchev–Trinajstić information content (AvgIpc) is 4.05. The van der Waals surface area contributed by atoms with Gasteiger partial charge in [-0.3, -0.25) is 0 Å². The Hall–Kier alpha value is -7.76. The molecule has 0 radical (unpaired) electrons. The maximum atomic E-state index is 2.55. The largest absolute Gasteiger partial charge is 0.309 e. The maximum absolute atomic E-state index is 2.55. The van der Waals surface area contributed by atoms with E-state index in [1.165, 1.54) is 78.9 Å². The lowest BCUT2D eigenvalue weighted by molar-refractivity contribution is 1.18. The zero-order valence-electron chi connectivity index (χ0n) is 34.7. The van der Waals surface area contributed by atoms with Crippen LogP contribution < -0.4 is 4.90 Å². The van der Waals surface area contributed by atoms with Crippen LogP contribution in [-0.4, -0.2) is 4.57 Å². The standard InChI is InChI=1S/C60H38N2S2/c1-3-18-39(19-4-1)50-38-40(42-26-15-28-47-44-23-9-13-34-56(44)63-59(42)47)36-37-53(50)62(51-30-11-7-22-43(51)46-27-16-29-48-45-24-10-14-35-57(45)64-60(46)48)55-33-17-32-54-58(55)49-25-8-12-31-52(49)61(54)41-20-5-2-6-21-41/h1-38H. The summed E-state index contributed by atoms with van der Waals surface area (Å²) in [5.41, 5.74) is 14.0. The Labute approximate surface area is 378 Å². The first-order valence-corrected chi connectivity index (χ1v) is 23.4. The van der Waals surface area contributed by atoms with Crippen LogP contribution in [0.1, 0.15) is 0 Å². The van der Waals surface area contributed by atoms with E-state index in [0.29, 0.717) is 0 Å². The van der Waals surface area contributed by atoms with Crippen LogP contribution in [0.4, 0.5) is 17.1 Å². The second-order valence-corrected chi connectivity index (χ2v) is 18.5. The normalized spacial score (nSPS) is 11.8. The van der Waals surface area contributed by atoms with Crippen molar-refractivity contribution in [3.8, 4) is 39.1 Å². The van der Waals surface area contributed by atoms with Crippen LogP contribution in [0.3, 0.4) is 0 Å². The van der Waals surface area contributed by atoms with Crippen molar-refractivity contribution in [2.75, 3.05) is 4.90 Å². The second-order valence-electron chi connectivity index (χ2n) is 16.4. The first kappa shape index (κ1) is 36.9. The van der Waals surface area contributed by atoms with Gasteiger partial charge in [-0.1, -0.05) is 170 Å². The Kier molecular flexibility index (Phi) is 8.61. The fraction of sp³-hybridized carbons (Fsp3) is 0. The highest BCUT2D eigenvalue weighted by Crippen LogP contribution is 2.52. The summed E-state index contributed by atoms with van der Waals surface area (Å²) in [6.45, 7) is 0. The number of anilines is 3. The van der Waals surface area contributed by atoms with Gasteiger partial charge in [-0.15, -0.1) is 22.7 Å². The third-order valence-electron chi connectivity index (χ3n) is 12.8. The molecular formula is C60H38N2S2. The number of hydrogen-bond donors (Lipinski definition) is 0. The van der Waals surface area contributed by atoms with E-state index in [1.54, 1.807) is 0 Å². The van der Waals surface area contributed by atoms with Gasteiger partial charge >= 0.3 is 0 Å². The summed E-state index contributed by atoms with van der Waals surface area (Å²) in [4.78, 5) is 2.55. The zero-order valence-corrected chi connectivity index (χ0v) is 36.3. The smallest absolute Gasteiger partial charge is 0.0562 e. The molecule has 0 fully saturated rings. The minimum atomic E-state index is 1.11. The summed E-state index contributed by atoms with van der Waals surface area (Å²) in [7, 11) is 0. The van der Waals surface area contributed by atoms with Gasteiger partial charge in [0.2, 0.25) is 0 Å². The van der Waals surface area contributed by atoms with Gasteiger partial charge in [-0.25, -0.2) is 0 Å². The van der Waals surface area contributed by atoms with Crippen molar-refractivity contribution in [1.29, 1.82) is 0 Å². The second kappa shape index (κ2) is 15.0. The molecule has 0 saturated carbocycles. The molecule has 0 N–H and O–H groups in total. The average molecular weight is 851 g/mol. The molecular weight excluding hydrogens is 813 g/mol. The molecule has 0 unspecified atom stereocenters. The topological polar surface area (TPSA) is 8.17 Å². The lowest BCUT2D eigenvalue weighted by atomic mass is 9.94. The van der Waals surface area contributed by atoms with Gasteiger partial charge < -0.3 is 9.47 Å². The highest BCUT2D eigenvalue weighted by Gasteiger charge is 2.26. The molecule has 300 valence electrons. The number of aromatic nitrogens is 1. The molecule has 4 heteroatoms. The Morgan fingerprint density at radius 3 is 1.58 bits per heavy atom. The maximum Gasteiger partial charge on any atom is 0.0562 e. The molecule has 0 aliphatic carbocycles. The minimum Gasteiger partial charge on any atom is -0.309 e. The van der Waals surface area contributed by atoms with E-state index in [2.05, 4.69) is 240 Å². The number of para-hydroxylation sites is 3. The highest BCUT2D eigenvalue weighted by molar-refractivity contribution is 7.26. The van der Waals surface area contributed by atoms with Gasteiger partial charge in [0.25, 0.3) is 0 Å². The van der Waals surface area contributed by atoms with Gasteiger partial charge in [0, 0.05) is 73.5 Å². The molecule has 2 nitrogen and oxygen atoms in total. The third kappa shape index (κ3) is 5.77. The number of benzene rings is 10. The monoisotopic (exact) mass is 850 g/mol. The number of thiophene rings is 2. The van der Waals surface area contributed by atoms with Crippen LogP contribution in [0.2, 0.25) is 0 Å². The molecule has 0 bridgehead atoms. The van der Waals surface area contributed by atoms with E-state index < -0.39 is 0 Å². The fourth-order valence-electron chi connectivity index (χ4n) is 10.0. The van der Waals surface area contributed by atoms with Crippen molar-refractivity contribution in [3.05, 3.63) is 231 Å². The van der Waals surface area contributed by atoms with Crippen molar-refractivity contribution in [2.24, 2.45) is 0 Å². The van der Waals surface area contributed by atoms with Gasteiger partial charge in [0.1, 0.15) is 0 Å². The van der Waals surface area contributed by atoms with Gasteiger partial charge in [0.15, 0.2) is 0 Å². The number of rotatable bonds is 7. The molecule has 10 aromatic carbocycles. The molecule has 0 saturated heterocycles. The summed E-state index contributed by atoms with van der Waals surface area (Å²) in [6, 6.07) is 84.8. The van der Waals surface area contributed by atoms with E-state index in [-0.39, 0.29) is 0 Å². The Balaban J connectivity index is 1.13. The summed E-state index contributed by atoms with van der Waals surface area (Å²) in [5, 5.41) is 7.61. The molecule has 3 aromatic heterocycles.